The fourth-order valence-corrected chi connectivity index (χ4v) is 8.48. The van der Waals surface area contributed by atoms with Crippen molar-refractivity contribution in [3.8, 4) is 5.75 Å². The van der Waals surface area contributed by atoms with E-state index < -0.39 is 21.2 Å². The van der Waals surface area contributed by atoms with Crippen LogP contribution in [0.15, 0.2) is 48.6 Å². The number of ketones is 1. The van der Waals surface area contributed by atoms with Gasteiger partial charge < -0.3 is 15.4 Å². The number of aryl methyl sites for hydroxylation is 1. The van der Waals surface area contributed by atoms with Crippen LogP contribution >= 0.6 is 46.6 Å². The summed E-state index contributed by atoms with van der Waals surface area (Å²) in [6.07, 6.45) is 8.60. The van der Waals surface area contributed by atoms with E-state index in [1.54, 1.807) is 37.3 Å². The lowest BCUT2D eigenvalue weighted by Crippen LogP contribution is -2.49. The van der Waals surface area contributed by atoms with Gasteiger partial charge in [0, 0.05) is 35.0 Å². The number of halogens is 3. The number of hydrogen-bond acceptors (Lipinski definition) is 7. The van der Waals surface area contributed by atoms with Gasteiger partial charge in [0.2, 0.25) is 10.0 Å². The molecule has 4 aliphatic rings. The molecule has 1 fully saturated rings. The van der Waals surface area contributed by atoms with Gasteiger partial charge in [-0.05, 0) is 117 Å². The van der Waals surface area contributed by atoms with Crippen LogP contribution in [-0.2, 0) is 26.7 Å². The maximum absolute atomic E-state index is 13.3. The van der Waals surface area contributed by atoms with E-state index in [0.29, 0.717) is 31.9 Å². The second kappa shape index (κ2) is 16.5. The van der Waals surface area contributed by atoms with Gasteiger partial charge in [0.05, 0.1) is 17.5 Å². The Bertz CT molecular complexity index is 1540. The zero-order valence-corrected chi connectivity index (χ0v) is 31.5. The summed E-state index contributed by atoms with van der Waals surface area (Å²) in [5.74, 6) is -0.0319. The highest BCUT2D eigenvalue weighted by Crippen LogP contribution is 2.46. The number of allylic oxidation sites excluding steroid dienone is 2. The Kier molecular flexibility index (Phi) is 13.8. The van der Waals surface area contributed by atoms with Crippen LogP contribution in [0.25, 0.3) is 0 Å². The Balaban J connectivity index is 0.00000111. The minimum atomic E-state index is -3.93. The fraction of sp³-hybridized carbons (Fsp3) is 0.529. The maximum Gasteiger partial charge on any atom is 0.264 e. The highest BCUT2D eigenvalue weighted by atomic mass is 127. The summed E-state index contributed by atoms with van der Waals surface area (Å²) in [7, 11) is -2.43. The summed E-state index contributed by atoms with van der Waals surface area (Å²) in [5.41, 5.74) is 7.72. The first-order chi connectivity index (χ1) is 21.6. The number of benzene rings is 2. The number of carbonyl (C=O) groups excluding carboxylic acids is 2. The van der Waals surface area contributed by atoms with E-state index >= 15 is 0 Å². The molecule has 1 amide bonds. The molecule has 2 aliphatic heterocycles. The van der Waals surface area contributed by atoms with E-state index in [-0.39, 0.29) is 46.9 Å². The molecule has 0 radical (unpaired) electrons. The second-order valence-corrected chi connectivity index (χ2v) is 14.9. The Morgan fingerprint density at radius 1 is 1.09 bits per heavy atom. The second-order valence-electron chi connectivity index (χ2n) is 12.4. The molecule has 6 rings (SSSR count). The third kappa shape index (κ3) is 8.05. The number of ether oxygens (including phenoxy) is 1. The first kappa shape index (κ1) is 38.6. The molecule has 0 saturated heterocycles. The molecule has 2 heterocycles. The zero-order chi connectivity index (χ0) is 32.9. The predicted octanol–water partition coefficient (Wildman–Crippen LogP) is 6.50. The molecule has 2 aromatic carbocycles. The van der Waals surface area contributed by atoms with Crippen LogP contribution < -0.4 is 20.1 Å². The summed E-state index contributed by atoms with van der Waals surface area (Å²) in [4.78, 5) is 30.8. The first-order valence-electron chi connectivity index (χ1n) is 15.6. The predicted molar refractivity (Wildman–Crippen MR) is 198 cm³/mol. The van der Waals surface area contributed by atoms with Crippen LogP contribution in [0.4, 0.5) is 5.69 Å². The number of anilines is 1. The molecular weight excluding hydrogens is 760 g/mol. The average Bonchev–Trinajstić information content (AvgIpc) is 3.17. The zero-order valence-electron chi connectivity index (χ0n) is 26.9. The molecule has 1 saturated carbocycles. The monoisotopic (exact) mass is 805 g/mol. The van der Waals surface area contributed by atoms with Crippen LogP contribution in [0, 0.1) is 17.8 Å². The van der Waals surface area contributed by atoms with Crippen molar-refractivity contribution in [2.45, 2.75) is 63.0 Å². The summed E-state index contributed by atoms with van der Waals surface area (Å²) < 4.78 is 35.0. The number of hydrogen-bond donors (Lipinski definition) is 2. The minimum Gasteiger partial charge on any atom is -0.490 e. The topological polar surface area (TPSA) is 119 Å². The van der Waals surface area contributed by atoms with Crippen LogP contribution in [0.2, 0.25) is 5.02 Å². The molecule has 0 aromatic heterocycles. The number of rotatable bonds is 0. The quantitative estimate of drug-likeness (QED) is 0.231. The Hall–Kier alpha value is -1.86. The summed E-state index contributed by atoms with van der Waals surface area (Å²) >= 11 is 8.52. The average molecular weight is 807 g/mol. The third-order valence-corrected chi connectivity index (χ3v) is 12.0. The summed E-state index contributed by atoms with van der Waals surface area (Å²) in [5, 5.41) is -0.0854. The van der Waals surface area contributed by atoms with Crippen molar-refractivity contribution in [2.75, 3.05) is 36.6 Å². The lowest BCUT2D eigenvalue weighted by Gasteiger charge is -2.44. The molecule has 2 aromatic rings. The van der Waals surface area contributed by atoms with Gasteiger partial charge in [-0.15, -0.1) is 12.4 Å². The van der Waals surface area contributed by atoms with Crippen molar-refractivity contribution in [3.05, 3.63) is 70.3 Å². The Morgan fingerprint density at radius 3 is 2.52 bits per heavy atom. The smallest absolute Gasteiger partial charge is 0.264 e. The van der Waals surface area contributed by atoms with Crippen LogP contribution in [-0.4, -0.2) is 57.0 Å². The number of nitrogens with two attached hydrogens (primary N) is 1. The van der Waals surface area contributed by atoms with Crippen molar-refractivity contribution >= 4 is 74.0 Å². The van der Waals surface area contributed by atoms with E-state index in [9.17, 15) is 18.0 Å². The standard InChI is InChI=1S/C32H37ClN2O5S.CH3I.CH5N.ClH/c1-20-5-3-7-29(36)26-11-8-24(26)17-35-18-32(14-4-6-22-15-25(33)10-12-27(22)32)19-40-30-13-9-23(16-28(30)35)31(37)34-41(38,39)21(20)2;2*1-2;/h3,7,9-10,12-13,15-16,20-21,24,26H,4-6,8,11,14,17-19H2,1-2H3,(H,34,37);1H3;2H2,1H3;1H/b7-3+;;;/t20-,21+,24-,26+,32-;;;/m0.../s1. The molecular formula is C34H46Cl2IN3O5S. The normalized spacial score (nSPS) is 28.8. The van der Waals surface area contributed by atoms with Gasteiger partial charge in [-0.2, -0.15) is 0 Å². The van der Waals surface area contributed by atoms with Crippen molar-refractivity contribution in [1.82, 2.24) is 4.72 Å². The van der Waals surface area contributed by atoms with E-state index in [2.05, 4.69) is 50.1 Å². The molecule has 2 aliphatic carbocycles. The highest BCUT2D eigenvalue weighted by Gasteiger charge is 2.44. The third-order valence-electron chi connectivity index (χ3n) is 9.85. The number of nitrogens with zero attached hydrogens (tertiary/aromatic N) is 1. The highest BCUT2D eigenvalue weighted by molar-refractivity contribution is 14.1. The van der Waals surface area contributed by atoms with Gasteiger partial charge in [-0.1, -0.05) is 53.3 Å². The lowest BCUT2D eigenvalue weighted by atomic mass is 9.68. The lowest BCUT2D eigenvalue weighted by molar-refractivity contribution is -0.122. The van der Waals surface area contributed by atoms with Gasteiger partial charge in [0.15, 0.2) is 5.78 Å². The molecule has 8 nitrogen and oxygen atoms in total. The maximum atomic E-state index is 13.3. The van der Waals surface area contributed by atoms with Crippen molar-refractivity contribution < 1.29 is 22.7 Å². The van der Waals surface area contributed by atoms with E-state index in [0.717, 1.165) is 42.8 Å². The number of alkyl halides is 1. The van der Waals surface area contributed by atoms with Crippen molar-refractivity contribution in [2.24, 2.45) is 23.5 Å². The first-order valence-corrected chi connectivity index (χ1v) is 19.7. The Morgan fingerprint density at radius 2 is 1.83 bits per heavy atom. The number of nitrogens with one attached hydrogen (secondary N) is 1. The molecule has 1 spiro atoms. The van der Waals surface area contributed by atoms with Crippen molar-refractivity contribution in [1.29, 1.82) is 0 Å². The minimum absolute atomic E-state index is 0. The van der Waals surface area contributed by atoms with E-state index in [1.807, 2.05) is 17.9 Å². The van der Waals surface area contributed by atoms with E-state index in [4.69, 9.17) is 16.3 Å². The molecule has 254 valence electrons. The molecule has 3 N–H and O–H groups in total. The summed E-state index contributed by atoms with van der Waals surface area (Å²) in [6, 6.07) is 11.3. The van der Waals surface area contributed by atoms with Gasteiger partial charge in [-0.25, -0.2) is 13.1 Å². The SMILES string of the molecule is CI.CN.C[C@@H]1[C@@H](C)C/C=C/C(=O)[C@@H]2CC[C@H]2CN2C[C@@]3(CCCc4cc(Cl)ccc43)COc3ccc(cc32)C(=O)NS1(=O)=O.Cl. The van der Waals surface area contributed by atoms with Gasteiger partial charge in [0.1, 0.15) is 5.75 Å². The molecule has 0 unspecified atom stereocenters. The number of fused-ring (bicyclic) bond motifs is 4. The van der Waals surface area contributed by atoms with Gasteiger partial charge in [-0.3, -0.25) is 9.59 Å². The van der Waals surface area contributed by atoms with Crippen LogP contribution in [0.3, 0.4) is 0 Å². The molecule has 5 atom stereocenters. The Labute approximate surface area is 298 Å². The van der Waals surface area contributed by atoms with E-state index in [1.165, 1.54) is 18.2 Å². The largest absolute Gasteiger partial charge is 0.490 e. The molecule has 12 heteroatoms. The van der Waals surface area contributed by atoms with Crippen LogP contribution in [0.5, 0.6) is 5.75 Å². The fourth-order valence-electron chi connectivity index (χ4n) is 7.00. The number of sulfonamides is 1. The number of amides is 1. The number of carbonyl (C=O) groups is 2. The van der Waals surface area contributed by atoms with Gasteiger partial charge in [0.25, 0.3) is 5.91 Å². The molecule has 46 heavy (non-hydrogen) atoms. The van der Waals surface area contributed by atoms with Gasteiger partial charge >= 0.3 is 0 Å². The molecule has 2 bridgehead atoms. The summed E-state index contributed by atoms with van der Waals surface area (Å²) in [6.45, 7) is 5.23. The van der Waals surface area contributed by atoms with Crippen LogP contribution in [0.1, 0.15) is 67.4 Å². The van der Waals surface area contributed by atoms with Crippen molar-refractivity contribution in [3.63, 3.8) is 0 Å².